The molecule has 0 aliphatic rings. The van der Waals surface area contributed by atoms with Crippen LogP contribution in [0.25, 0.3) is 17.0 Å². The average molecular weight is 459 g/mol. The second-order valence-electron chi connectivity index (χ2n) is 6.11. The van der Waals surface area contributed by atoms with Crippen molar-refractivity contribution < 1.29 is 9.53 Å². The smallest absolute Gasteiger partial charge is 0.330 e. The van der Waals surface area contributed by atoms with Crippen molar-refractivity contribution in [2.45, 2.75) is 19.8 Å². The number of carbonyl (C=O) groups excluding carboxylic acids is 1. The lowest BCUT2D eigenvalue weighted by molar-refractivity contribution is -0.137. The van der Waals surface area contributed by atoms with Gasteiger partial charge in [-0.2, -0.15) is 0 Å². The summed E-state index contributed by atoms with van der Waals surface area (Å²) in [4.78, 5) is 11.8. The lowest BCUT2D eigenvalue weighted by atomic mass is 10.0. The van der Waals surface area contributed by atoms with Gasteiger partial charge in [0, 0.05) is 38.9 Å². The molecule has 134 valence electrons. The first-order valence-corrected chi connectivity index (χ1v) is 9.84. The van der Waals surface area contributed by atoms with Gasteiger partial charge in [-0.15, -0.1) is 0 Å². The SMILES string of the molecule is CCOC(=O)C=Cc1c(CCc2ccccc2I)n(C)c2ccccc12. The van der Waals surface area contributed by atoms with E-state index >= 15 is 0 Å². The van der Waals surface area contributed by atoms with Crippen molar-refractivity contribution in [3.63, 3.8) is 0 Å². The number of halogens is 1. The second-order valence-corrected chi connectivity index (χ2v) is 7.28. The van der Waals surface area contributed by atoms with E-state index in [0.29, 0.717) is 6.61 Å². The van der Waals surface area contributed by atoms with Crippen LogP contribution in [0.15, 0.2) is 54.6 Å². The monoisotopic (exact) mass is 459 g/mol. The van der Waals surface area contributed by atoms with Gasteiger partial charge in [-0.1, -0.05) is 36.4 Å². The van der Waals surface area contributed by atoms with E-state index in [4.69, 9.17) is 4.74 Å². The summed E-state index contributed by atoms with van der Waals surface area (Å²) in [6.07, 6.45) is 5.30. The standard InChI is InChI=1S/C22H22INO2/c1-3-26-22(25)15-13-18-17-9-5-7-11-20(17)24(2)21(18)14-12-16-8-4-6-10-19(16)23/h4-11,13,15H,3,12,14H2,1-2H3. The van der Waals surface area contributed by atoms with E-state index in [1.807, 2.05) is 25.1 Å². The van der Waals surface area contributed by atoms with Crippen LogP contribution in [0.1, 0.15) is 23.7 Å². The minimum atomic E-state index is -0.302. The van der Waals surface area contributed by atoms with E-state index in [1.165, 1.54) is 26.4 Å². The molecule has 0 saturated heterocycles. The summed E-state index contributed by atoms with van der Waals surface area (Å²) in [5, 5.41) is 1.16. The van der Waals surface area contributed by atoms with E-state index in [-0.39, 0.29) is 5.97 Å². The molecule has 0 unspecified atom stereocenters. The first-order chi connectivity index (χ1) is 12.6. The zero-order chi connectivity index (χ0) is 18.5. The molecule has 3 rings (SSSR count). The van der Waals surface area contributed by atoms with E-state index in [2.05, 4.69) is 70.6 Å². The third-order valence-corrected chi connectivity index (χ3v) is 5.59. The van der Waals surface area contributed by atoms with Crippen molar-refractivity contribution in [2.75, 3.05) is 6.61 Å². The normalized spacial score (nSPS) is 11.3. The maximum absolute atomic E-state index is 11.8. The Hall–Kier alpha value is -2.08. The quantitative estimate of drug-likeness (QED) is 0.290. The number of hydrogen-bond acceptors (Lipinski definition) is 2. The first-order valence-electron chi connectivity index (χ1n) is 8.76. The Morgan fingerprint density at radius 1 is 1.12 bits per heavy atom. The molecule has 0 spiro atoms. The van der Waals surface area contributed by atoms with E-state index in [9.17, 15) is 4.79 Å². The maximum atomic E-state index is 11.8. The van der Waals surface area contributed by atoms with Crippen LogP contribution in [0.5, 0.6) is 0 Å². The molecule has 1 aromatic heterocycles. The summed E-state index contributed by atoms with van der Waals surface area (Å²) >= 11 is 2.39. The van der Waals surface area contributed by atoms with Crippen molar-refractivity contribution in [1.29, 1.82) is 0 Å². The number of rotatable bonds is 6. The van der Waals surface area contributed by atoms with Crippen molar-refractivity contribution in [3.05, 3.63) is 75.0 Å². The predicted molar refractivity (Wildman–Crippen MR) is 115 cm³/mol. The van der Waals surface area contributed by atoms with Gasteiger partial charge in [-0.25, -0.2) is 4.79 Å². The molecular weight excluding hydrogens is 437 g/mol. The Balaban J connectivity index is 1.97. The van der Waals surface area contributed by atoms with Crippen LogP contribution in [0.2, 0.25) is 0 Å². The topological polar surface area (TPSA) is 31.2 Å². The van der Waals surface area contributed by atoms with Gasteiger partial charge < -0.3 is 9.30 Å². The molecule has 3 nitrogen and oxygen atoms in total. The third-order valence-electron chi connectivity index (χ3n) is 4.53. The fraction of sp³-hybridized carbons (Fsp3) is 0.227. The van der Waals surface area contributed by atoms with E-state index in [1.54, 1.807) is 0 Å². The molecule has 0 aliphatic carbocycles. The largest absolute Gasteiger partial charge is 0.463 e. The van der Waals surface area contributed by atoms with Gasteiger partial charge in [0.1, 0.15) is 0 Å². The average Bonchev–Trinajstić information content (AvgIpc) is 2.91. The first kappa shape index (κ1) is 18.7. The number of carbonyl (C=O) groups is 1. The number of aromatic nitrogens is 1. The molecule has 0 amide bonds. The Morgan fingerprint density at radius 3 is 2.62 bits per heavy atom. The Kier molecular flexibility index (Phi) is 6.14. The number of para-hydroxylation sites is 1. The van der Waals surface area contributed by atoms with Crippen LogP contribution >= 0.6 is 22.6 Å². The molecular formula is C22H22INO2. The highest BCUT2D eigenvalue weighted by Gasteiger charge is 2.13. The fourth-order valence-corrected chi connectivity index (χ4v) is 3.92. The van der Waals surface area contributed by atoms with Gasteiger partial charge in [0.15, 0.2) is 0 Å². The number of esters is 1. The molecule has 1 heterocycles. The van der Waals surface area contributed by atoms with E-state index < -0.39 is 0 Å². The van der Waals surface area contributed by atoms with Gasteiger partial charge in [0.05, 0.1) is 6.61 Å². The minimum Gasteiger partial charge on any atom is -0.463 e. The lowest BCUT2D eigenvalue weighted by Crippen LogP contribution is -2.02. The van der Waals surface area contributed by atoms with Gasteiger partial charge in [0.2, 0.25) is 0 Å². The van der Waals surface area contributed by atoms with Crippen LogP contribution < -0.4 is 0 Å². The van der Waals surface area contributed by atoms with Crippen molar-refractivity contribution in [1.82, 2.24) is 4.57 Å². The number of benzene rings is 2. The Labute approximate surface area is 167 Å². The number of aryl methyl sites for hydroxylation is 2. The number of nitrogens with zero attached hydrogens (tertiary/aromatic N) is 1. The van der Waals surface area contributed by atoms with Crippen LogP contribution in [0.4, 0.5) is 0 Å². The van der Waals surface area contributed by atoms with Crippen LogP contribution in [-0.4, -0.2) is 17.1 Å². The maximum Gasteiger partial charge on any atom is 0.330 e. The highest BCUT2D eigenvalue weighted by atomic mass is 127. The highest BCUT2D eigenvalue weighted by molar-refractivity contribution is 14.1. The molecule has 0 atom stereocenters. The summed E-state index contributed by atoms with van der Waals surface area (Å²) in [5.41, 5.74) is 4.85. The molecule has 4 heteroatoms. The number of ether oxygens (including phenoxy) is 1. The van der Waals surface area contributed by atoms with Crippen LogP contribution in [0, 0.1) is 3.57 Å². The highest BCUT2D eigenvalue weighted by Crippen LogP contribution is 2.28. The summed E-state index contributed by atoms with van der Waals surface area (Å²) in [6, 6.07) is 16.8. The third kappa shape index (κ3) is 4.01. The van der Waals surface area contributed by atoms with E-state index in [0.717, 1.165) is 23.8 Å². The van der Waals surface area contributed by atoms with Crippen molar-refractivity contribution in [2.24, 2.45) is 7.05 Å². The Morgan fingerprint density at radius 2 is 1.85 bits per heavy atom. The molecule has 26 heavy (non-hydrogen) atoms. The van der Waals surface area contributed by atoms with Gasteiger partial charge in [-0.05, 0) is 66.1 Å². The minimum absolute atomic E-state index is 0.302. The Bertz CT molecular complexity index is 956. The zero-order valence-electron chi connectivity index (χ0n) is 15.0. The summed E-state index contributed by atoms with van der Waals surface area (Å²) in [7, 11) is 2.09. The van der Waals surface area contributed by atoms with Crippen molar-refractivity contribution in [3.8, 4) is 0 Å². The summed E-state index contributed by atoms with van der Waals surface area (Å²) in [6.45, 7) is 2.20. The molecule has 0 aliphatic heterocycles. The lowest BCUT2D eigenvalue weighted by Gasteiger charge is -2.08. The predicted octanol–water partition coefficient (Wildman–Crippen LogP) is 5.14. The molecule has 3 aromatic rings. The second kappa shape index (κ2) is 8.54. The molecule has 0 bridgehead atoms. The molecule has 0 N–H and O–H groups in total. The van der Waals surface area contributed by atoms with Gasteiger partial charge >= 0.3 is 5.97 Å². The number of fused-ring (bicyclic) bond motifs is 1. The van der Waals surface area contributed by atoms with Crippen LogP contribution in [-0.2, 0) is 29.4 Å². The summed E-state index contributed by atoms with van der Waals surface area (Å²) < 4.78 is 8.55. The fourth-order valence-electron chi connectivity index (χ4n) is 3.26. The molecule has 2 aromatic carbocycles. The summed E-state index contributed by atoms with van der Waals surface area (Å²) in [5.74, 6) is -0.302. The van der Waals surface area contributed by atoms with Gasteiger partial charge in [-0.3, -0.25) is 0 Å². The molecule has 0 saturated carbocycles. The van der Waals surface area contributed by atoms with Gasteiger partial charge in [0.25, 0.3) is 0 Å². The van der Waals surface area contributed by atoms with Crippen LogP contribution in [0.3, 0.4) is 0 Å². The van der Waals surface area contributed by atoms with Crippen molar-refractivity contribution >= 4 is 45.5 Å². The molecule has 0 fully saturated rings. The molecule has 0 radical (unpaired) electrons. The zero-order valence-corrected chi connectivity index (χ0v) is 17.2. The number of hydrogen-bond donors (Lipinski definition) is 0.